The number of halogens is 1. The van der Waals surface area contributed by atoms with Crippen molar-refractivity contribution in [2.45, 2.75) is 13.3 Å². The number of fused-ring (bicyclic) bond motifs is 1. The zero-order valence-electron chi connectivity index (χ0n) is 20.1. The summed E-state index contributed by atoms with van der Waals surface area (Å²) in [5.74, 6) is 0.406. The summed E-state index contributed by atoms with van der Waals surface area (Å²) in [5.41, 5.74) is 4.49. The maximum absolute atomic E-state index is 13.1. The molecule has 0 radical (unpaired) electrons. The van der Waals surface area contributed by atoms with Gasteiger partial charge in [0.15, 0.2) is 11.2 Å². The van der Waals surface area contributed by atoms with Crippen LogP contribution >= 0.6 is 11.6 Å². The molecule has 2 N–H and O–H groups in total. The number of hydrogen-bond donors (Lipinski definition) is 2. The van der Waals surface area contributed by atoms with E-state index in [0.29, 0.717) is 44.9 Å². The highest BCUT2D eigenvalue weighted by atomic mass is 35.5. The maximum atomic E-state index is 13.1. The van der Waals surface area contributed by atoms with Crippen LogP contribution in [0.15, 0.2) is 77.6 Å². The number of amides is 1. The summed E-state index contributed by atoms with van der Waals surface area (Å²) in [6.07, 6.45) is -0.0412. The third-order valence-corrected chi connectivity index (χ3v) is 5.87. The summed E-state index contributed by atoms with van der Waals surface area (Å²) in [5, 5.41) is 3.14. The molecule has 0 aliphatic heterocycles. The van der Waals surface area contributed by atoms with Gasteiger partial charge < -0.3 is 15.0 Å². The van der Waals surface area contributed by atoms with E-state index in [4.69, 9.17) is 26.3 Å². The molecular formula is C28H22ClN5O3. The molecule has 5 rings (SSSR count). The van der Waals surface area contributed by atoms with Gasteiger partial charge in [-0.2, -0.15) is 0 Å². The lowest BCUT2D eigenvalue weighted by Gasteiger charge is -2.12. The van der Waals surface area contributed by atoms with Crippen LogP contribution in [0.5, 0.6) is 5.75 Å². The monoisotopic (exact) mass is 511 g/mol. The van der Waals surface area contributed by atoms with E-state index in [-0.39, 0.29) is 23.3 Å². The van der Waals surface area contributed by atoms with Crippen molar-refractivity contribution in [1.29, 1.82) is 0 Å². The number of methoxy groups -OCH3 is 1. The number of rotatable bonds is 6. The number of aryl methyl sites for hydroxylation is 1. The number of aromatic nitrogens is 4. The zero-order valence-corrected chi connectivity index (χ0v) is 20.8. The van der Waals surface area contributed by atoms with Crippen LogP contribution < -0.4 is 15.5 Å². The Morgan fingerprint density at radius 2 is 1.68 bits per heavy atom. The van der Waals surface area contributed by atoms with Crippen LogP contribution in [0.2, 0.25) is 5.15 Å². The van der Waals surface area contributed by atoms with E-state index in [0.717, 1.165) is 11.3 Å². The number of benzene rings is 2. The van der Waals surface area contributed by atoms with Gasteiger partial charge in [0.2, 0.25) is 11.3 Å². The van der Waals surface area contributed by atoms with E-state index in [1.54, 1.807) is 37.4 Å². The van der Waals surface area contributed by atoms with E-state index in [2.05, 4.69) is 15.3 Å². The van der Waals surface area contributed by atoms with Crippen molar-refractivity contribution in [3.63, 3.8) is 0 Å². The second-order valence-corrected chi connectivity index (χ2v) is 8.80. The number of nitrogens with one attached hydrogen (secondary N) is 2. The molecule has 0 unspecified atom stereocenters. The molecule has 0 fully saturated rings. The predicted octanol–water partition coefficient (Wildman–Crippen LogP) is 5.20. The zero-order chi connectivity index (χ0) is 25.9. The van der Waals surface area contributed by atoms with Gasteiger partial charge in [0, 0.05) is 34.3 Å². The summed E-state index contributed by atoms with van der Waals surface area (Å²) in [6.45, 7) is 1.84. The summed E-state index contributed by atoms with van der Waals surface area (Å²) >= 11 is 6.22. The first-order valence-electron chi connectivity index (χ1n) is 11.5. The van der Waals surface area contributed by atoms with Crippen molar-refractivity contribution in [3.05, 3.63) is 99.6 Å². The van der Waals surface area contributed by atoms with E-state index < -0.39 is 0 Å². The Kier molecular flexibility index (Phi) is 6.66. The molecule has 2 aromatic carbocycles. The molecule has 5 aromatic rings. The fourth-order valence-electron chi connectivity index (χ4n) is 4.02. The molecule has 1 amide bonds. The summed E-state index contributed by atoms with van der Waals surface area (Å²) in [6, 6.07) is 21.5. The molecule has 0 spiro atoms. The number of nitrogens with zero attached hydrogens (tertiary/aromatic N) is 3. The maximum Gasteiger partial charge on any atom is 0.230 e. The lowest BCUT2D eigenvalue weighted by molar-refractivity contribution is -0.115. The predicted molar refractivity (Wildman–Crippen MR) is 144 cm³/mol. The van der Waals surface area contributed by atoms with Crippen LogP contribution in [-0.2, 0) is 11.2 Å². The standard InChI is InChI=1S/C28H22ClN5O3/c1-16-12-18(13-23(29)30-16)26-25(17-6-4-3-5-7-17)34-28-27(33-26)22(35)14-20(32-28)15-24(36)31-19-8-10-21(37-2)11-9-19/h3-14H,15H2,1-2H3,(H,31,36)(H,32,34,35). The van der Waals surface area contributed by atoms with Crippen LogP contribution in [0.25, 0.3) is 33.7 Å². The Labute approximate surface area is 217 Å². The van der Waals surface area contributed by atoms with E-state index in [1.807, 2.05) is 43.3 Å². The van der Waals surface area contributed by atoms with Crippen LogP contribution in [0.3, 0.4) is 0 Å². The normalized spacial score (nSPS) is 10.9. The van der Waals surface area contributed by atoms with Crippen molar-refractivity contribution < 1.29 is 9.53 Å². The molecule has 0 atom stereocenters. The van der Waals surface area contributed by atoms with E-state index in [9.17, 15) is 9.59 Å². The highest BCUT2D eigenvalue weighted by Gasteiger charge is 2.17. The van der Waals surface area contributed by atoms with Gasteiger partial charge in [-0.1, -0.05) is 41.9 Å². The topological polar surface area (TPSA) is 110 Å². The lowest BCUT2D eigenvalue weighted by Crippen LogP contribution is -2.17. The first kappa shape index (κ1) is 24.1. The van der Waals surface area contributed by atoms with Crippen molar-refractivity contribution in [1.82, 2.24) is 19.9 Å². The molecule has 0 saturated carbocycles. The molecular weight excluding hydrogens is 490 g/mol. The van der Waals surface area contributed by atoms with Crippen molar-refractivity contribution >= 4 is 34.4 Å². The number of carbonyl (C=O) groups is 1. The molecule has 0 aliphatic carbocycles. The number of anilines is 1. The number of aromatic amines is 1. The first-order valence-corrected chi connectivity index (χ1v) is 11.9. The fraction of sp³-hybridized carbons (Fsp3) is 0.107. The molecule has 9 heteroatoms. The van der Waals surface area contributed by atoms with Crippen molar-refractivity contribution in [2.75, 3.05) is 12.4 Å². The number of ether oxygens (including phenoxy) is 1. The van der Waals surface area contributed by atoms with Crippen LogP contribution in [-0.4, -0.2) is 33.0 Å². The molecule has 8 nitrogen and oxygen atoms in total. The highest BCUT2D eigenvalue weighted by Crippen LogP contribution is 2.31. The van der Waals surface area contributed by atoms with Gasteiger partial charge >= 0.3 is 0 Å². The Balaban J connectivity index is 1.55. The molecule has 184 valence electrons. The minimum Gasteiger partial charge on any atom is -0.497 e. The Morgan fingerprint density at radius 3 is 2.38 bits per heavy atom. The van der Waals surface area contributed by atoms with Gasteiger partial charge in [-0.15, -0.1) is 0 Å². The summed E-state index contributed by atoms with van der Waals surface area (Å²) < 4.78 is 5.14. The minimum atomic E-state index is -0.341. The molecule has 3 aromatic heterocycles. The largest absolute Gasteiger partial charge is 0.497 e. The number of hydrogen-bond acceptors (Lipinski definition) is 6. The Bertz CT molecular complexity index is 1650. The second kappa shape index (κ2) is 10.2. The molecule has 0 saturated heterocycles. The van der Waals surface area contributed by atoms with Gasteiger partial charge in [-0.25, -0.2) is 15.0 Å². The Morgan fingerprint density at radius 1 is 0.946 bits per heavy atom. The van der Waals surface area contributed by atoms with Crippen LogP contribution in [0, 0.1) is 6.92 Å². The Hall–Kier alpha value is -4.56. The average Bonchev–Trinajstić information content (AvgIpc) is 2.88. The fourth-order valence-corrected chi connectivity index (χ4v) is 4.27. The number of H-pyrrole nitrogens is 1. The van der Waals surface area contributed by atoms with Gasteiger partial charge in [0.05, 0.1) is 24.9 Å². The second-order valence-electron chi connectivity index (χ2n) is 8.42. The van der Waals surface area contributed by atoms with Crippen molar-refractivity contribution in [2.24, 2.45) is 0 Å². The van der Waals surface area contributed by atoms with E-state index >= 15 is 0 Å². The molecule has 0 aliphatic rings. The number of pyridine rings is 2. The highest BCUT2D eigenvalue weighted by molar-refractivity contribution is 6.29. The van der Waals surface area contributed by atoms with Gasteiger partial charge in [0.25, 0.3) is 0 Å². The van der Waals surface area contributed by atoms with E-state index in [1.165, 1.54) is 6.07 Å². The third-order valence-electron chi connectivity index (χ3n) is 5.68. The average molecular weight is 512 g/mol. The van der Waals surface area contributed by atoms with Gasteiger partial charge in [-0.3, -0.25) is 9.59 Å². The lowest BCUT2D eigenvalue weighted by atomic mass is 10.0. The van der Waals surface area contributed by atoms with Crippen LogP contribution in [0.1, 0.15) is 11.4 Å². The summed E-state index contributed by atoms with van der Waals surface area (Å²) in [4.78, 5) is 42.6. The molecule has 0 bridgehead atoms. The minimum absolute atomic E-state index is 0.0412. The molecule has 3 heterocycles. The van der Waals surface area contributed by atoms with Gasteiger partial charge in [-0.05, 0) is 43.3 Å². The molecule has 37 heavy (non-hydrogen) atoms. The quantitative estimate of drug-likeness (QED) is 0.303. The van der Waals surface area contributed by atoms with Crippen LogP contribution in [0.4, 0.5) is 5.69 Å². The SMILES string of the molecule is COc1ccc(NC(=O)Cc2cc(=O)c3nc(-c4cc(C)nc(Cl)c4)c(-c4ccccc4)nc3[nH]2)cc1. The first-order chi connectivity index (χ1) is 17.9. The summed E-state index contributed by atoms with van der Waals surface area (Å²) in [7, 11) is 1.58. The third kappa shape index (κ3) is 5.34. The van der Waals surface area contributed by atoms with Gasteiger partial charge in [0.1, 0.15) is 10.9 Å². The smallest absolute Gasteiger partial charge is 0.230 e. The number of carbonyl (C=O) groups excluding carboxylic acids is 1. The van der Waals surface area contributed by atoms with Crippen molar-refractivity contribution in [3.8, 4) is 28.3 Å².